The molecular weight excluding hydrogens is 208 g/mol. The molecule has 0 heterocycles. The van der Waals surface area contributed by atoms with Gasteiger partial charge in [-0.1, -0.05) is 31.9 Å². The molecule has 0 saturated heterocycles. The van der Waals surface area contributed by atoms with Gasteiger partial charge in [0, 0.05) is 12.2 Å². The lowest BCUT2D eigenvalue weighted by atomic mass is 10.2. The van der Waals surface area contributed by atoms with Crippen LogP contribution in [-0.2, 0) is 14.3 Å². The third kappa shape index (κ3) is 10.5. The summed E-state index contributed by atoms with van der Waals surface area (Å²) in [6.07, 6.45) is 9.89. The fourth-order valence-electron chi connectivity index (χ4n) is 1.02. The van der Waals surface area contributed by atoms with Gasteiger partial charge < -0.3 is 9.84 Å². The maximum absolute atomic E-state index is 10.9. The lowest BCUT2D eigenvalue weighted by molar-refractivity contribution is -0.137. The SMILES string of the molecule is CCCCCC=CCOC(=O)/C=C\C(=O)O. The van der Waals surface area contributed by atoms with Gasteiger partial charge in [0.25, 0.3) is 0 Å². The summed E-state index contributed by atoms with van der Waals surface area (Å²) < 4.78 is 4.72. The summed E-state index contributed by atoms with van der Waals surface area (Å²) in [5.41, 5.74) is 0. The number of rotatable bonds is 8. The average Bonchev–Trinajstić information content (AvgIpc) is 2.25. The highest BCUT2D eigenvalue weighted by Crippen LogP contribution is 1.99. The van der Waals surface area contributed by atoms with Crippen LogP contribution >= 0.6 is 0 Å². The molecule has 0 amide bonds. The van der Waals surface area contributed by atoms with E-state index < -0.39 is 11.9 Å². The number of carboxylic acids is 1. The minimum absolute atomic E-state index is 0.189. The van der Waals surface area contributed by atoms with E-state index in [4.69, 9.17) is 9.84 Å². The molecule has 4 nitrogen and oxygen atoms in total. The summed E-state index contributed by atoms with van der Waals surface area (Å²) in [6, 6.07) is 0. The second kappa shape index (κ2) is 9.96. The van der Waals surface area contributed by atoms with Gasteiger partial charge in [0.05, 0.1) is 0 Å². The van der Waals surface area contributed by atoms with Gasteiger partial charge in [-0.05, 0) is 12.8 Å². The van der Waals surface area contributed by atoms with Crippen molar-refractivity contribution in [1.82, 2.24) is 0 Å². The van der Waals surface area contributed by atoms with Gasteiger partial charge in [-0.25, -0.2) is 9.59 Å². The molecule has 16 heavy (non-hydrogen) atoms. The van der Waals surface area contributed by atoms with E-state index in [0.29, 0.717) is 0 Å². The van der Waals surface area contributed by atoms with E-state index in [1.54, 1.807) is 6.08 Å². The molecule has 0 aliphatic heterocycles. The predicted molar refractivity (Wildman–Crippen MR) is 61.0 cm³/mol. The molecule has 0 spiro atoms. The molecule has 4 heteroatoms. The zero-order valence-corrected chi connectivity index (χ0v) is 9.52. The van der Waals surface area contributed by atoms with Gasteiger partial charge in [-0.15, -0.1) is 0 Å². The molecule has 0 aromatic heterocycles. The molecule has 0 aromatic rings. The first kappa shape index (κ1) is 14.4. The summed E-state index contributed by atoms with van der Waals surface area (Å²) in [5.74, 6) is -1.80. The highest BCUT2D eigenvalue weighted by Gasteiger charge is 1.95. The maximum atomic E-state index is 10.9. The van der Waals surface area contributed by atoms with E-state index in [2.05, 4.69) is 6.92 Å². The number of hydrogen-bond acceptors (Lipinski definition) is 3. The van der Waals surface area contributed by atoms with Crippen LogP contribution in [0.15, 0.2) is 24.3 Å². The van der Waals surface area contributed by atoms with Crippen LogP contribution in [0.4, 0.5) is 0 Å². The lowest BCUT2D eigenvalue weighted by Gasteiger charge is -1.96. The zero-order chi connectivity index (χ0) is 12.2. The van der Waals surface area contributed by atoms with Crippen LogP contribution in [0.3, 0.4) is 0 Å². The molecule has 90 valence electrons. The second-order valence-electron chi connectivity index (χ2n) is 3.27. The van der Waals surface area contributed by atoms with Crippen LogP contribution in [0.1, 0.15) is 32.6 Å². The minimum atomic E-state index is -1.16. The Bertz CT molecular complexity index is 266. The Morgan fingerprint density at radius 3 is 2.56 bits per heavy atom. The molecule has 0 fully saturated rings. The highest BCUT2D eigenvalue weighted by molar-refractivity contribution is 5.90. The third-order valence-electron chi connectivity index (χ3n) is 1.82. The van der Waals surface area contributed by atoms with E-state index in [1.807, 2.05) is 6.08 Å². The van der Waals surface area contributed by atoms with Crippen molar-refractivity contribution in [3.8, 4) is 0 Å². The van der Waals surface area contributed by atoms with Gasteiger partial charge >= 0.3 is 11.9 Å². The number of carbonyl (C=O) groups excluding carboxylic acids is 1. The van der Waals surface area contributed by atoms with Gasteiger partial charge in [0.1, 0.15) is 6.61 Å². The lowest BCUT2D eigenvalue weighted by Crippen LogP contribution is -2.01. The van der Waals surface area contributed by atoms with Crippen LogP contribution < -0.4 is 0 Å². The number of esters is 1. The molecule has 0 saturated carbocycles. The normalized spacial score (nSPS) is 11.1. The van der Waals surface area contributed by atoms with Crippen molar-refractivity contribution in [3.05, 3.63) is 24.3 Å². The molecule has 0 aromatic carbocycles. The van der Waals surface area contributed by atoms with Crippen molar-refractivity contribution in [2.45, 2.75) is 32.6 Å². The Morgan fingerprint density at radius 1 is 1.19 bits per heavy atom. The van der Waals surface area contributed by atoms with Gasteiger partial charge in [-0.3, -0.25) is 0 Å². The van der Waals surface area contributed by atoms with Crippen molar-refractivity contribution in [3.63, 3.8) is 0 Å². The molecular formula is C12H18O4. The van der Waals surface area contributed by atoms with Crippen LogP contribution in [0.25, 0.3) is 0 Å². The van der Waals surface area contributed by atoms with Crippen LogP contribution in [0.5, 0.6) is 0 Å². The monoisotopic (exact) mass is 226 g/mol. The standard InChI is InChI=1S/C12H18O4/c1-2-3-4-5-6-7-10-16-12(15)9-8-11(13)14/h6-9H,2-5,10H2,1H3,(H,13,14)/b7-6?,9-8-. The number of aliphatic carboxylic acids is 1. The largest absolute Gasteiger partial charge is 0.478 e. The van der Waals surface area contributed by atoms with Gasteiger partial charge in [0.15, 0.2) is 0 Å². The Morgan fingerprint density at radius 2 is 1.94 bits per heavy atom. The summed E-state index contributed by atoms with van der Waals surface area (Å²) in [4.78, 5) is 20.9. The van der Waals surface area contributed by atoms with Crippen LogP contribution in [0, 0.1) is 0 Å². The summed E-state index contributed by atoms with van der Waals surface area (Å²) in [7, 11) is 0. The van der Waals surface area contributed by atoms with E-state index in [1.165, 1.54) is 12.8 Å². The number of unbranched alkanes of at least 4 members (excludes halogenated alkanes) is 3. The summed E-state index contributed by atoms with van der Waals surface area (Å²) >= 11 is 0. The molecule has 0 aliphatic rings. The first-order chi connectivity index (χ1) is 7.66. The van der Waals surface area contributed by atoms with E-state index in [0.717, 1.165) is 25.0 Å². The summed E-state index contributed by atoms with van der Waals surface area (Å²) in [5, 5.41) is 8.25. The van der Waals surface area contributed by atoms with Crippen molar-refractivity contribution in [2.75, 3.05) is 6.61 Å². The fraction of sp³-hybridized carbons (Fsp3) is 0.500. The van der Waals surface area contributed by atoms with Gasteiger partial charge in [-0.2, -0.15) is 0 Å². The highest BCUT2D eigenvalue weighted by atomic mass is 16.5. The first-order valence-electron chi connectivity index (χ1n) is 5.39. The molecule has 0 aliphatic carbocycles. The Hall–Kier alpha value is -1.58. The molecule has 0 rings (SSSR count). The number of carboxylic acid groups (broad SMARTS) is 1. The van der Waals surface area contributed by atoms with Crippen molar-refractivity contribution in [2.24, 2.45) is 0 Å². The third-order valence-corrected chi connectivity index (χ3v) is 1.82. The Balaban J connectivity index is 3.50. The second-order valence-corrected chi connectivity index (χ2v) is 3.27. The van der Waals surface area contributed by atoms with Crippen molar-refractivity contribution >= 4 is 11.9 Å². The van der Waals surface area contributed by atoms with E-state index in [-0.39, 0.29) is 6.61 Å². The number of hydrogen-bond donors (Lipinski definition) is 1. The summed E-state index contributed by atoms with van der Waals surface area (Å²) in [6.45, 7) is 2.33. The zero-order valence-electron chi connectivity index (χ0n) is 9.52. The molecule has 0 atom stereocenters. The Labute approximate surface area is 95.6 Å². The average molecular weight is 226 g/mol. The first-order valence-corrected chi connectivity index (χ1v) is 5.39. The fourth-order valence-corrected chi connectivity index (χ4v) is 1.02. The van der Waals surface area contributed by atoms with E-state index in [9.17, 15) is 9.59 Å². The molecule has 0 radical (unpaired) electrons. The van der Waals surface area contributed by atoms with Crippen LogP contribution in [0.2, 0.25) is 0 Å². The smallest absolute Gasteiger partial charge is 0.331 e. The topological polar surface area (TPSA) is 63.6 Å². The number of allylic oxidation sites excluding steroid dienone is 1. The van der Waals surface area contributed by atoms with Crippen molar-refractivity contribution in [1.29, 1.82) is 0 Å². The number of ether oxygens (including phenoxy) is 1. The Kier molecular flexibility index (Phi) is 8.97. The number of carbonyl (C=O) groups is 2. The molecule has 0 unspecified atom stereocenters. The molecule has 1 N–H and O–H groups in total. The van der Waals surface area contributed by atoms with Gasteiger partial charge in [0.2, 0.25) is 0 Å². The molecule has 0 bridgehead atoms. The predicted octanol–water partition coefficient (Wildman–Crippen LogP) is 2.31. The van der Waals surface area contributed by atoms with Crippen molar-refractivity contribution < 1.29 is 19.4 Å². The van der Waals surface area contributed by atoms with E-state index >= 15 is 0 Å². The minimum Gasteiger partial charge on any atom is -0.478 e. The quantitative estimate of drug-likeness (QED) is 0.298. The maximum Gasteiger partial charge on any atom is 0.331 e. The van der Waals surface area contributed by atoms with Crippen LogP contribution in [-0.4, -0.2) is 23.7 Å².